The van der Waals surface area contributed by atoms with Gasteiger partial charge in [0.15, 0.2) is 0 Å². The molecule has 1 rings (SSSR count). The van der Waals surface area contributed by atoms with Gasteiger partial charge in [0.2, 0.25) is 0 Å². The number of hydrogen-bond acceptors (Lipinski definition) is 2. The van der Waals surface area contributed by atoms with Crippen LogP contribution >= 0.6 is 0 Å². The van der Waals surface area contributed by atoms with E-state index in [9.17, 15) is 5.11 Å². The van der Waals surface area contributed by atoms with Crippen LogP contribution in [0.5, 0.6) is 5.75 Å². The molecule has 2 atom stereocenters. The Labute approximate surface area is 91.9 Å². The predicted molar refractivity (Wildman–Crippen MR) is 62.3 cm³/mol. The lowest BCUT2D eigenvalue weighted by Gasteiger charge is -2.18. The molecule has 0 bridgehead atoms. The van der Waals surface area contributed by atoms with E-state index < -0.39 is 6.10 Å². The van der Waals surface area contributed by atoms with Crippen LogP contribution in [0.25, 0.3) is 0 Å². The highest BCUT2D eigenvalue weighted by Gasteiger charge is 2.10. The molecule has 0 spiro atoms. The van der Waals surface area contributed by atoms with Gasteiger partial charge in [0, 0.05) is 0 Å². The molecule has 0 aliphatic carbocycles. The lowest BCUT2D eigenvalue weighted by atomic mass is 10.0. The first-order valence-corrected chi connectivity index (χ1v) is 5.45. The minimum Gasteiger partial charge on any atom is -0.488 e. The maximum atomic E-state index is 9.34. The van der Waals surface area contributed by atoms with E-state index in [4.69, 9.17) is 4.74 Å². The number of aliphatic hydroxyl groups is 1. The standard InChI is InChI=1S/C13H20O2/c1-9(2)12-6-5-7-13(8-12)15-11(4)10(3)14/h5-11,14H,1-4H3/t10-,11?/m0/s1. The van der Waals surface area contributed by atoms with Gasteiger partial charge in [-0.2, -0.15) is 0 Å². The van der Waals surface area contributed by atoms with Crippen LogP contribution < -0.4 is 4.74 Å². The third-order valence-corrected chi connectivity index (χ3v) is 2.53. The van der Waals surface area contributed by atoms with Gasteiger partial charge in [-0.05, 0) is 37.5 Å². The van der Waals surface area contributed by atoms with Crippen LogP contribution in [-0.4, -0.2) is 17.3 Å². The molecule has 1 aromatic rings. The van der Waals surface area contributed by atoms with Crippen molar-refractivity contribution in [3.8, 4) is 5.75 Å². The fourth-order valence-corrected chi connectivity index (χ4v) is 1.26. The van der Waals surface area contributed by atoms with Crippen molar-refractivity contribution >= 4 is 0 Å². The Morgan fingerprint density at radius 2 is 1.80 bits per heavy atom. The minimum absolute atomic E-state index is 0.174. The van der Waals surface area contributed by atoms with Crippen LogP contribution in [0.2, 0.25) is 0 Å². The van der Waals surface area contributed by atoms with E-state index in [1.165, 1.54) is 5.56 Å². The molecule has 0 saturated heterocycles. The summed E-state index contributed by atoms with van der Waals surface area (Å²) in [5.74, 6) is 1.32. The predicted octanol–water partition coefficient (Wildman–Crippen LogP) is 2.96. The average molecular weight is 208 g/mol. The first-order chi connectivity index (χ1) is 7.00. The van der Waals surface area contributed by atoms with Crippen molar-refractivity contribution in [2.75, 3.05) is 0 Å². The summed E-state index contributed by atoms with van der Waals surface area (Å²) in [6.07, 6.45) is -0.625. The molecule has 2 heteroatoms. The highest BCUT2D eigenvalue weighted by Crippen LogP contribution is 2.21. The monoisotopic (exact) mass is 208 g/mol. The molecule has 0 amide bonds. The number of hydrogen-bond donors (Lipinski definition) is 1. The van der Waals surface area contributed by atoms with Gasteiger partial charge in [-0.3, -0.25) is 0 Å². The van der Waals surface area contributed by atoms with Crippen LogP contribution in [0.3, 0.4) is 0 Å². The Morgan fingerprint density at radius 3 is 2.33 bits per heavy atom. The minimum atomic E-state index is -0.451. The molecule has 1 aromatic carbocycles. The molecular weight excluding hydrogens is 188 g/mol. The fourth-order valence-electron chi connectivity index (χ4n) is 1.26. The quantitative estimate of drug-likeness (QED) is 0.824. The summed E-state index contributed by atoms with van der Waals surface area (Å²) >= 11 is 0. The van der Waals surface area contributed by atoms with E-state index in [0.29, 0.717) is 5.92 Å². The second kappa shape index (κ2) is 5.17. The number of rotatable bonds is 4. The Hall–Kier alpha value is -1.02. The lowest BCUT2D eigenvalue weighted by molar-refractivity contribution is 0.0604. The topological polar surface area (TPSA) is 29.5 Å². The zero-order valence-electron chi connectivity index (χ0n) is 9.90. The second-order valence-electron chi connectivity index (χ2n) is 4.29. The summed E-state index contributed by atoms with van der Waals surface area (Å²) in [5.41, 5.74) is 1.25. The summed E-state index contributed by atoms with van der Waals surface area (Å²) in [6, 6.07) is 8.03. The van der Waals surface area contributed by atoms with Crippen LogP contribution in [0.15, 0.2) is 24.3 Å². The van der Waals surface area contributed by atoms with E-state index in [2.05, 4.69) is 19.9 Å². The van der Waals surface area contributed by atoms with Gasteiger partial charge in [-0.1, -0.05) is 26.0 Å². The molecule has 1 unspecified atom stereocenters. The van der Waals surface area contributed by atoms with Crippen molar-refractivity contribution in [2.45, 2.75) is 45.8 Å². The van der Waals surface area contributed by atoms with Crippen molar-refractivity contribution in [2.24, 2.45) is 0 Å². The molecule has 0 heterocycles. The number of benzene rings is 1. The van der Waals surface area contributed by atoms with Gasteiger partial charge in [0.1, 0.15) is 11.9 Å². The van der Waals surface area contributed by atoms with Gasteiger partial charge in [0.25, 0.3) is 0 Å². The molecule has 2 nitrogen and oxygen atoms in total. The molecular formula is C13H20O2. The second-order valence-corrected chi connectivity index (χ2v) is 4.29. The summed E-state index contributed by atoms with van der Waals surface area (Å²) in [6.45, 7) is 7.90. The average Bonchev–Trinajstić information content (AvgIpc) is 2.18. The number of aliphatic hydroxyl groups excluding tert-OH is 1. The van der Waals surface area contributed by atoms with Crippen LogP contribution in [0.1, 0.15) is 39.2 Å². The van der Waals surface area contributed by atoms with Gasteiger partial charge in [-0.15, -0.1) is 0 Å². The van der Waals surface area contributed by atoms with E-state index in [1.807, 2.05) is 25.1 Å². The zero-order valence-corrected chi connectivity index (χ0v) is 9.90. The molecule has 0 fully saturated rings. The van der Waals surface area contributed by atoms with Crippen LogP contribution in [0.4, 0.5) is 0 Å². The maximum absolute atomic E-state index is 9.34. The van der Waals surface area contributed by atoms with E-state index in [-0.39, 0.29) is 6.10 Å². The Kier molecular flexibility index (Phi) is 4.15. The first-order valence-electron chi connectivity index (χ1n) is 5.45. The zero-order chi connectivity index (χ0) is 11.4. The fraction of sp³-hybridized carbons (Fsp3) is 0.538. The Balaban J connectivity index is 2.73. The van der Waals surface area contributed by atoms with Gasteiger partial charge >= 0.3 is 0 Å². The molecule has 0 aromatic heterocycles. The molecule has 84 valence electrons. The Morgan fingerprint density at radius 1 is 1.13 bits per heavy atom. The molecule has 1 N–H and O–H groups in total. The molecule has 0 aliphatic rings. The van der Waals surface area contributed by atoms with Crippen molar-refractivity contribution in [3.05, 3.63) is 29.8 Å². The van der Waals surface area contributed by atoms with Crippen molar-refractivity contribution in [1.29, 1.82) is 0 Å². The smallest absolute Gasteiger partial charge is 0.121 e. The highest BCUT2D eigenvalue weighted by molar-refractivity contribution is 5.30. The van der Waals surface area contributed by atoms with Crippen LogP contribution in [-0.2, 0) is 0 Å². The van der Waals surface area contributed by atoms with Crippen molar-refractivity contribution in [1.82, 2.24) is 0 Å². The summed E-state index contributed by atoms with van der Waals surface area (Å²) in [4.78, 5) is 0. The Bertz CT molecular complexity index is 305. The van der Waals surface area contributed by atoms with Gasteiger partial charge in [0.05, 0.1) is 6.10 Å². The van der Waals surface area contributed by atoms with Crippen molar-refractivity contribution in [3.63, 3.8) is 0 Å². The SMILES string of the molecule is CC(C)c1cccc(OC(C)[C@H](C)O)c1. The van der Waals surface area contributed by atoms with Crippen LogP contribution in [0, 0.1) is 0 Å². The highest BCUT2D eigenvalue weighted by atomic mass is 16.5. The summed E-state index contributed by atoms with van der Waals surface area (Å²) < 4.78 is 5.62. The number of ether oxygens (including phenoxy) is 1. The molecule has 0 aliphatic heterocycles. The first kappa shape index (κ1) is 12.1. The molecule has 0 saturated carbocycles. The maximum Gasteiger partial charge on any atom is 0.121 e. The van der Waals surface area contributed by atoms with E-state index in [0.717, 1.165) is 5.75 Å². The largest absolute Gasteiger partial charge is 0.488 e. The third kappa shape index (κ3) is 3.56. The van der Waals surface area contributed by atoms with Crippen molar-refractivity contribution < 1.29 is 9.84 Å². The van der Waals surface area contributed by atoms with E-state index >= 15 is 0 Å². The third-order valence-electron chi connectivity index (χ3n) is 2.53. The van der Waals surface area contributed by atoms with Gasteiger partial charge in [-0.25, -0.2) is 0 Å². The normalized spacial score (nSPS) is 15.1. The summed E-state index contributed by atoms with van der Waals surface area (Å²) in [5, 5.41) is 9.34. The van der Waals surface area contributed by atoms with Gasteiger partial charge < -0.3 is 9.84 Å². The van der Waals surface area contributed by atoms with E-state index in [1.54, 1.807) is 6.92 Å². The lowest BCUT2D eigenvalue weighted by Crippen LogP contribution is -2.25. The summed E-state index contributed by atoms with van der Waals surface area (Å²) in [7, 11) is 0. The molecule has 15 heavy (non-hydrogen) atoms. The molecule has 0 radical (unpaired) electrons.